The molecule has 8 nitrogen and oxygen atoms in total. The van der Waals surface area contributed by atoms with Crippen LogP contribution in [-0.4, -0.2) is 42.7 Å². The number of rotatable bonds is 5. The Labute approximate surface area is 156 Å². The highest BCUT2D eigenvalue weighted by molar-refractivity contribution is 5.99. The first-order valence-corrected chi connectivity index (χ1v) is 9.16. The van der Waals surface area contributed by atoms with E-state index >= 15 is 0 Å². The van der Waals surface area contributed by atoms with Gasteiger partial charge in [-0.1, -0.05) is 6.07 Å². The van der Waals surface area contributed by atoms with E-state index in [0.717, 1.165) is 31.4 Å². The van der Waals surface area contributed by atoms with Crippen molar-refractivity contribution in [3.63, 3.8) is 0 Å². The molecule has 0 unspecified atom stereocenters. The molecule has 27 heavy (non-hydrogen) atoms. The molecule has 1 amide bonds. The number of aliphatic hydroxyl groups excluding tert-OH is 1. The van der Waals surface area contributed by atoms with Crippen molar-refractivity contribution >= 4 is 17.4 Å². The molecule has 4 rings (SSSR count). The van der Waals surface area contributed by atoms with Crippen LogP contribution < -0.4 is 10.6 Å². The third-order valence-corrected chi connectivity index (χ3v) is 4.82. The second kappa shape index (κ2) is 7.71. The van der Waals surface area contributed by atoms with Crippen LogP contribution in [0.15, 0.2) is 42.9 Å². The summed E-state index contributed by atoms with van der Waals surface area (Å²) in [5.74, 6) is 0.476. The number of aliphatic hydroxyl groups is 1. The minimum atomic E-state index is -0.246. The summed E-state index contributed by atoms with van der Waals surface area (Å²) in [6.45, 7) is 0.546. The van der Waals surface area contributed by atoms with Gasteiger partial charge in [-0.3, -0.25) is 9.78 Å². The lowest BCUT2D eigenvalue weighted by Crippen LogP contribution is -2.38. The van der Waals surface area contributed by atoms with Gasteiger partial charge < -0.3 is 15.7 Å². The monoisotopic (exact) mass is 366 g/mol. The van der Waals surface area contributed by atoms with Crippen molar-refractivity contribution in [2.24, 2.45) is 0 Å². The van der Waals surface area contributed by atoms with Gasteiger partial charge in [0.2, 0.25) is 0 Å². The minimum Gasteiger partial charge on any atom is -0.393 e. The number of carbonyl (C=O) groups excluding carboxylic acids is 1. The van der Waals surface area contributed by atoms with Crippen LogP contribution in [0.5, 0.6) is 0 Å². The highest BCUT2D eigenvalue weighted by atomic mass is 16.3. The number of amides is 1. The summed E-state index contributed by atoms with van der Waals surface area (Å²) in [5.41, 5.74) is 1.86. The van der Waals surface area contributed by atoms with Crippen molar-refractivity contribution in [3.8, 4) is 0 Å². The van der Waals surface area contributed by atoms with Crippen LogP contribution >= 0.6 is 0 Å². The first kappa shape index (κ1) is 17.4. The number of hydrogen-bond acceptors (Lipinski definition) is 6. The number of pyridine rings is 1. The lowest BCUT2D eigenvalue weighted by atomic mass is 9.93. The first-order valence-electron chi connectivity index (χ1n) is 9.16. The Morgan fingerprint density at radius 3 is 2.85 bits per heavy atom. The van der Waals surface area contributed by atoms with Gasteiger partial charge in [0.15, 0.2) is 5.65 Å². The predicted octanol–water partition coefficient (Wildman–Crippen LogP) is 1.77. The van der Waals surface area contributed by atoms with Crippen LogP contribution in [0.2, 0.25) is 0 Å². The average Bonchev–Trinajstić information content (AvgIpc) is 3.12. The molecule has 0 radical (unpaired) electrons. The van der Waals surface area contributed by atoms with E-state index in [4.69, 9.17) is 0 Å². The Morgan fingerprint density at radius 2 is 2.07 bits per heavy atom. The maximum Gasteiger partial charge on any atom is 0.256 e. The van der Waals surface area contributed by atoms with E-state index in [9.17, 15) is 9.90 Å². The molecule has 1 aliphatic rings. The van der Waals surface area contributed by atoms with Gasteiger partial charge in [0.05, 0.1) is 24.5 Å². The molecule has 0 aliphatic heterocycles. The molecule has 3 aromatic heterocycles. The van der Waals surface area contributed by atoms with E-state index < -0.39 is 0 Å². The van der Waals surface area contributed by atoms with Crippen molar-refractivity contribution in [1.82, 2.24) is 24.9 Å². The van der Waals surface area contributed by atoms with Gasteiger partial charge in [0, 0.05) is 18.4 Å². The number of fused-ring (bicyclic) bond motifs is 1. The van der Waals surface area contributed by atoms with Crippen LogP contribution in [-0.2, 0) is 6.54 Å². The zero-order valence-corrected chi connectivity index (χ0v) is 14.9. The van der Waals surface area contributed by atoms with Crippen LogP contribution in [0.3, 0.4) is 0 Å². The van der Waals surface area contributed by atoms with Crippen molar-refractivity contribution < 1.29 is 9.90 Å². The van der Waals surface area contributed by atoms with Gasteiger partial charge in [-0.25, -0.2) is 9.50 Å². The Kier molecular flexibility index (Phi) is 4.97. The number of carbonyl (C=O) groups is 1. The number of nitrogens with zero attached hydrogens (tertiary/aromatic N) is 4. The quantitative estimate of drug-likeness (QED) is 0.636. The van der Waals surface area contributed by atoms with E-state index in [2.05, 4.69) is 25.7 Å². The zero-order chi connectivity index (χ0) is 18.6. The molecule has 1 saturated carbocycles. The number of anilines is 1. The topological polar surface area (TPSA) is 104 Å². The zero-order valence-electron chi connectivity index (χ0n) is 14.9. The molecule has 0 aromatic carbocycles. The number of hydrogen-bond donors (Lipinski definition) is 3. The van der Waals surface area contributed by atoms with Crippen molar-refractivity contribution in [2.45, 2.75) is 44.4 Å². The summed E-state index contributed by atoms with van der Waals surface area (Å²) in [6, 6.07) is 7.64. The SMILES string of the molecule is O=C(NC1CCC(O)CC1)c1cnn2ccc(NCc3ccccn3)nc12. The smallest absolute Gasteiger partial charge is 0.256 e. The first-order chi connectivity index (χ1) is 13.2. The van der Waals surface area contributed by atoms with Gasteiger partial charge in [-0.05, 0) is 43.9 Å². The molecule has 8 heteroatoms. The fourth-order valence-electron chi connectivity index (χ4n) is 3.29. The summed E-state index contributed by atoms with van der Waals surface area (Å²) in [4.78, 5) is 21.5. The lowest BCUT2D eigenvalue weighted by molar-refractivity contribution is 0.0869. The molecule has 3 N–H and O–H groups in total. The standard InChI is InChI=1S/C19H22N6O2/c26-15-6-4-13(5-7-15)23-19(27)16-12-22-25-10-8-17(24-18(16)25)21-11-14-3-1-2-9-20-14/h1-3,8-10,12-13,15,26H,4-7,11H2,(H,21,24)(H,23,27). The Hall–Kier alpha value is -3.00. The third kappa shape index (κ3) is 4.06. The van der Waals surface area contributed by atoms with Crippen molar-refractivity contribution in [2.75, 3.05) is 5.32 Å². The second-order valence-electron chi connectivity index (χ2n) is 6.79. The Bertz CT molecular complexity index is 918. The van der Waals surface area contributed by atoms with Crippen LogP contribution in [0.4, 0.5) is 5.82 Å². The van der Waals surface area contributed by atoms with E-state index in [1.807, 2.05) is 24.3 Å². The summed E-state index contributed by atoms with van der Waals surface area (Å²) >= 11 is 0. The van der Waals surface area contributed by atoms with Gasteiger partial charge in [0.25, 0.3) is 5.91 Å². The van der Waals surface area contributed by atoms with E-state index in [1.165, 1.54) is 6.20 Å². The Morgan fingerprint density at radius 1 is 1.22 bits per heavy atom. The van der Waals surface area contributed by atoms with Crippen LogP contribution in [0.1, 0.15) is 41.7 Å². The summed E-state index contributed by atoms with van der Waals surface area (Å²) < 4.78 is 1.59. The highest BCUT2D eigenvalue weighted by Gasteiger charge is 2.23. The summed E-state index contributed by atoms with van der Waals surface area (Å²) in [7, 11) is 0. The molecule has 0 bridgehead atoms. The molecule has 3 heterocycles. The van der Waals surface area contributed by atoms with Gasteiger partial charge in [-0.2, -0.15) is 5.10 Å². The molecule has 140 valence electrons. The fourth-order valence-corrected chi connectivity index (χ4v) is 3.29. The number of nitrogens with one attached hydrogen (secondary N) is 2. The Balaban J connectivity index is 1.47. The fraction of sp³-hybridized carbons (Fsp3) is 0.368. The van der Waals surface area contributed by atoms with E-state index in [-0.39, 0.29) is 18.1 Å². The van der Waals surface area contributed by atoms with Crippen LogP contribution in [0, 0.1) is 0 Å². The molecular formula is C19H22N6O2. The average molecular weight is 366 g/mol. The van der Waals surface area contributed by atoms with Crippen LogP contribution in [0.25, 0.3) is 5.65 Å². The minimum absolute atomic E-state index is 0.0845. The number of aromatic nitrogens is 4. The highest BCUT2D eigenvalue weighted by Crippen LogP contribution is 2.19. The molecule has 0 saturated heterocycles. The maximum atomic E-state index is 12.7. The third-order valence-electron chi connectivity index (χ3n) is 4.82. The summed E-state index contributed by atoms with van der Waals surface area (Å²) in [6.07, 6.45) is 7.84. The predicted molar refractivity (Wildman–Crippen MR) is 100 cm³/mol. The summed E-state index contributed by atoms with van der Waals surface area (Å²) in [5, 5.41) is 20.1. The molecule has 3 aromatic rings. The second-order valence-corrected chi connectivity index (χ2v) is 6.79. The molecular weight excluding hydrogens is 344 g/mol. The molecule has 0 atom stereocenters. The molecule has 0 spiro atoms. The van der Waals surface area contributed by atoms with Crippen molar-refractivity contribution in [1.29, 1.82) is 0 Å². The molecule has 1 fully saturated rings. The van der Waals surface area contributed by atoms with Gasteiger partial charge in [-0.15, -0.1) is 0 Å². The van der Waals surface area contributed by atoms with Gasteiger partial charge in [0.1, 0.15) is 11.4 Å². The largest absolute Gasteiger partial charge is 0.393 e. The maximum absolute atomic E-state index is 12.7. The normalized spacial score (nSPS) is 19.7. The lowest BCUT2D eigenvalue weighted by Gasteiger charge is -2.25. The molecule has 1 aliphatic carbocycles. The van der Waals surface area contributed by atoms with Crippen molar-refractivity contribution in [3.05, 3.63) is 54.1 Å². The van der Waals surface area contributed by atoms with E-state index in [0.29, 0.717) is 23.6 Å². The van der Waals surface area contributed by atoms with E-state index in [1.54, 1.807) is 16.9 Å². The van der Waals surface area contributed by atoms with Gasteiger partial charge >= 0.3 is 0 Å².